The predicted octanol–water partition coefficient (Wildman–Crippen LogP) is 3.06. The Morgan fingerprint density at radius 3 is 2.36 bits per heavy atom. The molecule has 1 aromatic carbocycles. The van der Waals surface area contributed by atoms with Gasteiger partial charge in [-0.2, -0.15) is 0 Å². The first-order valence-electron chi connectivity index (χ1n) is 6.64. The van der Waals surface area contributed by atoms with Crippen molar-refractivity contribution in [2.24, 2.45) is 0 Å². The zero-order chi connectivity index (χ0) is 17.1. The fraction of sp³-hybridized carbons (Fsp3) is 0.500. The van der Waals surface area contributed by atoms with E-state index in [0.29, 0.717) is 5.02 Å². The highest BCUT2D eigenvalue weighted by Crippen LogP contribution is 2.30. The molecule has 0 spiro atoms. The fourth-order valence-electron chi connectivity index (χ4n) is 1.83. The van der Waals surface area contributed by atoms with Crippen molar-refractivity contribution in [3.8, 4) is 0 Å². The minimum absolute atomic E-state index is 0.0131. The smallest absolute Gasteiger partial charge is 0.232 e. The molecule has 22 heavy (non-hydrogen) atoms. The van der Waals surface area contributed by atoms with Gasteiger partial charge in [-0.3, -0.25) is 9.10 Å². The van der Waals surface area contributed by atoms with Crippen molar-refractivity contribution in [3.05, 3.63) is 28.2 Å². The molecular formula is C14H20Cl2N2O3S. The van der Waals surface area contributed by atoms with Crippen molar-refractivity contribution < 1.29 is 13.2 Å². The molecule has 1 aromatic rings. The summed E-state index contributed by atoms with van der Waals surface area (Å²) in [5.74, 6) is -0.237. The van der Waals surface area contributed by atoms with Crippen molar-refractivity contribution >= 4 is 44.8 Å². The number of halogens is 2. The predicted molar refractivity (Wildman–Crippen MR) is 91.2 cm³/mol. The number of rotatable bonds is 5. The molecule has 0 unspecified atom stereocenters. The summed E-state index contributed by atoms with van der Waals surface area (Å²) >= 11 is 12.0. The average molecular weight is 367 g/mol. The van der Waals surface area contributed by atoms with E-state index in [4.69, 9.17) is 23.2 Å². The first kappa shape index (κ1) is 19.1. The summed E-state index contributed by atoms with van der Waals surface area (Å²) in [6.45, 7) is 5.55. The number of nitrogens with one attached hydrogen (secondary N) is 1. The number of benzene rings is 1. The zero-order valence-electron chi connectivity index (χ0n) is 13.0. The molecule has 0 saturated heterocycles. The lowest BCUT2D eigenvalue weighted by molar-refractivity contribution is -0.122. The number of sulfonamides is 1. The lowest BCUT2D eigenvalue weighted by Crippen LogP contribution is -2.42. The molecule has 0 fully saturated rings. The zero-order valence-corrected chi connectivity index (χ0v) is 15.3. The second-order valence-corrected chi connectivity index (χ2v) is 8.73. The van der Waals surface area contributed by atoms with E-state index in [1.54, 1.807) is 6.07 Å². The van der Waals surface area contributed by atoms with E-state index < -0.39 is 10.0 Å². The monoisotopic (exact) mass is 366 g/mol. The van der Waals surface area contributed by atoms with Gasteiger partial charge in [-0.05, 0) is 39.0 Å². The normalized spacial score (nSPS) is 12.1. The Morgan fingerprint density at radius 1 is 1.27 bits per heavy atom. The standard InChI is InChI=1S/C14H20Cl2N2O3S/c1-14(2,3)17-13(19)7-8-18(22(4,20)21)12-9-10(15)5-6-11(12)16/h5-6,9H,7-8H2,1-4H3,(H,17,19). The number of anilines is 1. The summed E-state index contributed by atoms with van der Waals surface area (Å²) < 4.78 is 25.1. The van der Waals surface area contributed by atoms with Gasteiger partial charge in [0, 0.05) is 23.5 Å². The summed E-state index contributed by atoms with van der Waals surface area (Å²) in [6, 6.07) is 4.55. The third kappa shape index (κ3) is 6.02. The van der Waals surface area contributed by atoms with E-state index in [0.717, 1.165) is 10.6 Å². The number of carbonyl (C=O) groups is 1. The molecule has 1 rings (SSSR count). The highest BCUT2D eigenvalue weighted by atomic mass is 35.5. The van der Waals surface area contributed by atoms with Gasteiger partial charge in [0.15, 0.2) is 0 Å². The number of hydrogen-bond donors (Lipinski definition) is 1. The number of amides is 1. The third-order valence-electron chi connectivity index (χ3n) is 2.63. The van der Waals surface area contributed by atoms with Crippen LogP contribution in [0.4, 0.5) is 5.69 Å². The van der Waals surface area contributed by atoms with Crippen LogP contribution in [0.2, 0.25) is 10.0 Å². The van der Waals surface area contributed by atoms with E-state index in [1.165, 1.54) is 12.1 Å². The molecule has 0 aliphatic rings. The number of carbonyl (C=O) groups excluding carboxylic acids is 1. The number of nitrogens with zero attached hydrogens (tertiary/aromatic N) is 1. The maximum absolute atomic E-state index is 12.0. The Morgan fingerprint density at radius 2 is 1.86 bits per heavy atom. The molecule has 5 nitrogen and oxygen atoms in total. The largest absolute Gasteiger partial charge is 0.351 e. The molecule has 1 N–H and O–H groups in total. The average Bonchev–Trinajstić information content (AvgIpc) is 2.29. The molecule has 0 atom stereocenters. The Kier molecular flexibility index (Phi) is 6.12. The van der Waals surface area contributed by atoms with Crippen molar-refractivity contribution in [3.63, 3.8) is 0 Å². The quantitative estimate of drug-likeness (QED) is 0.870. The van der Waals surface area contributed by atoms with Crippen LogP contribution in [0.25, 0.3) is 0 Å². The first-order valence-corrected chi connectivity index (χ1v) is 9.24. The van der Waals surface area contributed by atoms with Crippen molar-refractivity contribution in [1.29, 1.82) is 0 Å². The van der Waals surface area contributed by atoms with Gasteiger partial charge < -0.3 is 5.32 Å². The van der Waals surface area contributed by atoms with E-state index in [-0.39, 0.29) is 35.1 Å². The lowest BCUT2D eigenvalue weighted by Gasteiger charge is -2.25. The Balaban J connectivity index is 2.97. The fourth-order valence-corrected chi connectivity index (χ4v) is 3.19. The van der Waals surface area contributed by atoms with Gasteiger partial charge in [0.2, 0.25) is 15.9 Å². The maximum atomic E-state index is 12.0. The van der Waals surface area contributed by atoms with E-state index in [9.17, 15) is 13.2 Å². The van der Waals surface area contributed by atoms with Crippen LogP contribution in [0.3, 0.4) is 0 Å². The second-order valence-electron chi connectivity index (χ2n) is 5.98. The maximum Gasteiger partial charge on any atom is 0.232 e. The van der Waals surface area contributed by atoms with E-state index in [2.05, 4.69) is 5.32 Å². The van der Waals surface area contributed by atoms with Crippen LogP contribution in [0.5, 0.6) is 0 Å². The Bertz CT molecular complexity index is 655. The van der Waals surface area contributed by atoms with Crippen LogP contribution in [0, 0.1) is 0 Å². The molecule has 0 aliphatic heterocycles. The van der Waals surface area contributed by atoms with Crippen LogP contribution in [-0.4, -0.2) is 32.7 Å². The summed E-state index contributed by atoms with van der Waals surface area (Å²) in [7, 11) is -3.59. The van der Waals surface area contributed by atoms with Crippen LogP contribution in [0.15, 0.2) is 18.2 Å². The van der Waals surface area contributed by atoms with Crippen LogP contribution in [0.1, 0.15) is 27.2 Å². The lowest BCUT2D eigenvalue weighted by atomic mass is 10.1. The van der Waals surface area contributed by atoms with Gasteiger partial charge in [-0.1, -0.05) is 23.2 Å². The van der Waals surface area contributed by atoms with Gasteiger partial charge in [0.05, 0.1) is 17.0 Å². The topological polar surface area (TPSA) is 66.5 Å². The van der Waals surface area contributed by atoms with Gasteiger partial charge >= 0.3 is 0 Å². The Hall–Kier alpha value is -0.980. The van der Waals surface area contributed by atoms with Crippen LogP contribution < -0.4 is 9.62 Å². The highest BCUT2D eigenvalue weighted by Gasteiger charge is 2.22. The Labute approximate surface area is 141 Å². The van der Waals surface area contributed by atoms with Gasteiger partial charge in [0.1, 0.15) is 0 Å². The minimum atomic E-state index is -3.59. The molecule has 124 valence electrons. The second kappa shape index (κ2) is 7.06. The van der Waals surface area contributed by atoms with Crippen molar-refractivity contribution in [1.82, 2.24) is 5.32 Å². The molecular weight excluding hydrogens is 347 g/mol. The molecule has 0 aromatic heterocycles. The molecule has 8 heteroatoms. The van der Waals surface area contributed by atoms with Crippen molar-refractivity contribution in [2.45, 2.75) is 32.7 Å². The van der Waals surface area contributed by atoms with Crippen LogP contribution in [-0.2, 0) is 14.8 Å². The van der Waals surface area contributed by atoms with Gasteiger partial charge in [-0.25, -0.2) is 8.42 Å². The van der Waals surface area contributed by atoms with Gasteiger partial charge in [-0.15, -0.1) is 0 Å². The summed E-state index contributed by atoms with van der Waals surface area (Å²) in [4.78, 5) is 11.9. The van der Waals surface area contributed by atoms with Crippen LogP contribution >= 0.6 is 23.2 Å². The molecule has 0 aliphatic carbocycles. The summed E-state index contributed by atoms with van der Waals surface area (Å²) in [5.41, 5.74) is -0.110. The van der Waals surface area contributed by atoms with Crippen molar-refractivity contribution in [2.75, 3.05) is 17.1 Å². The van der Waals surface area contributed by atoms with E-state index in [1.807, 2.05) is 20.8 Å². The number of hydrogen-bond acceptors (Lipinski definition) is 3. The first-order chi connectivity index (χ1) is 9.90. The molecule has 0 saturated carbocycles. The third-order valence-corrected chi connectivity index (χ3v) is 4.37. The summed E-state index contributed by atoms with van der Waals surface area (Å²) in [5, 5.41) is 3.41. The molecule has 1 amide bonds. The minimum Gasteiger partial charge on any atom is -0.351 e. The SMILES string of the molecule is CC(C)(C)NC(=O)CCN(c1cc(Cl)ccc1Cl)S(C)(=O)=O. The summed E-state index contributed by atoms with van der Waals surface area (Å²) in [6.07, 6.45) is 1.08. The van der Waals surface area contributed by atoms with E-state index >= 15 is 0 Å². The molecule has 0 bridgehead atoms. The molecule has 0 radical (unpaired) electrons. The van der Waals surface area contributed by atoms with Gasteiger partial charge in [0.25, 0.3) is 0 Å². The highest BCUT2D eigenvalue weighted by molar-refractivity contribution is 7.92. The molecule has 0 heterocycles.